The number of nitrogens with zero attached hydrogens (tertiary/aromatic N) is 2. The van der Waals surface area contributed by atoms with Crippen molar-refractivity contribution in [1.29, 1.82) is 0 Å². The first kappa shape index (κ1) is 11.9. The highest BCUT2D eigenvalue weighted by atomic mass is 35.5. The fraction of sp³-hybridized carbons (Fsp3) is 0.0714. The third kappa shape index (κ3) is 1.90. The Balaban J connectivity index is 2.24. The molecular weight excluding hydrogens is 262 g/mol. The number of imidazole rings is 1. The highest BCUT2D eigenvalue weighted by molar-refractivity contribution is 6.33. The van der Waals surface area contributed by atoms with Gasteiger partial charge in [0.15, 0.2) is 5.65 Å². The molecule has 2 N–H and O–H groups in total. The molecule has 0 atom stereocenters. The lowest BCUT2D eigenvalue weighted by Gasteiger charge is -2.04. The zero-order valence-electron chi connectivity index (χ0n) is 10.3. The van der Waals surface area contributed by atoms with Crippen molar-refractivity contribution in [3.05, 3.63) is 47.7 Å². The average molecular weight is 274 g/mol. The van der Waals surface area contributed by atoms with Crippen molar-refractivity contribution in [2.45, 2.75) is 0 Å². The van der Waals surface area contributed by atoms with Gasteiger partial charge in [-0.1, -0.05) is 23.7 Å². The van der Waals surface area contributed by atoms with Crippen LogP contribution in [-0.2, 0) is 0 Å². The molecule has 3 aromatic rings. The molecule has 0 aliphatic rings. The summed E-state index contributed by atoms with van der Waals surface area (Å²) in [6.45, 7) is 0. The summed E-state index contributed by atoms with van der Waals surface area (Å²) in [7, 11) is 1.64. The first-order valence-electron chi connectivity index (χ1n) is 5.77. The van der Waals surface area contributed by atoms with Crippen molar-refractivity contribution in [1.82, 2.24) is 9.38 Å². The van der Waals surface area contributed by atoms with E-state index in [4.69, 9.17) is 22.1 Å². The minimum absolute atomic E-state index is 0.477. The van der Waals surface area contributed by atoms with Crippen LogP contribution in [0.1, 0.15) is 0 Å². The van der Waals surface area contributed by atoms with Crippen LogP contribution in [0.25, 0.3) is 16.9 Å². The van der Waals surface area contributed by atoms with E-state index >= 15 is 0 Å². The molecule has 2 aromatic heterocycles. The predicted molar refractivity (Wildman–Crippen MR) is 76.6 cm³/mol. The first-order valence-corrected chi connectivity index (χ1v) is 6.14. The number of nitrogen functional groups attached to an aromatic ring is 1. The summed E-state index contributed by atoms with van der Waals surface area (Å²) >= 11 is 6.00. The smallest absolute Gasteiger partial charge is 0.162 e. The van der Waals surface area contributed by atoms with Crippen LogP contribution < -0.4 is 10.5 Å². The largest absolute Gasteiger partial charge is 0.496 e. The Morgan fingerprint density at radius 3 is 2.84 bits per heavy atom. The third-order valence-electron chi connectivity index (χ3n) is 2.99. The quantitative estimate of drug-likeness (QED) is 0.780. The van der Waals surface area contributed by atoms with E-state index in [-0.39, 0.29) is 0 Å². The molecule has 0 bridgehead atoms. The average Bonchev–Trinajstić information content (AvgIpc) is 2.87. The van der Waals surface area contributed by atoms with Crippen LogP contribution in [0, 0.1) is 0 Å². The molecule has 5 heteroatoms. The van der Waals surface area contributed by atoms with E-state index in [1.54, 1.807) is 13.2 Å². The highest BCUT2D eigenvalue weighted by Gasteiger charge is 2.11. The molecule has 2 heterocycles. The van der Waals surface area contributed by atoms with Crippen LogP contribution in [0.5, 0.6) is 5.75 Å². The summed E-state index contributed by atoms with van der Waals surface area (Å²) < 4.78 is 7.19. The monoisotopic (exact) mass is 273 g/mol. The van der Waals surface area contributed by atoms with Crippen molar-refractivity contribution in [3.63, 3.8) is 0 Å². The molecule has 0 fully saturated rings. The first-order chi connectivity index (χ1) is 9.20. The van der Waals surface area contributed by atoms with Gasteiger partial charge >= 0.3 is 0 Å². The van der Waals surface area contributed by atoms with E-state index < -0.39 is 0 Å². The van der Waals surface area contributed by atoms with Crippen LogP contribution >= 0.6 is 11.6 Å². The van der Waals surface area contributed by atoms with Crippen LogP contribution in [0.2, 0.25) is 5.02 Å². The summed E-state index contributed by atoms with van der Waals surface area (Å²) in [5.41, 5.74) is 8.78. The Morgan fingerprint density at radius 1 is 1.26 bits per heavy atom. The summed E-state index contributed by atoms with van der Waals surface area (Å²) in [5.74, 6) is 0.774. The minimum Gasteiger partial charge on any atom is -0.496 e. The molecule has 1 aromatic carbocycles. The molecule has 3 rings (SSSR count). The summed E-state index contributed by atoms with van der Waals surface area (Å²) in [4.78, 5) is 4.53. The van der Waals surface area contributed by atoms with Gasteiger partial charge in [-0.2, -0.15) is 0 Å². The molecule has 0 aliphatic carbocycles. The fourth-order valence-electron chi connectivity index (χ4n) is 2.03. The molecule has 0 unspecified atom stereocenters. The molecular formula is C14H12ClN3O. The Labute approximate surface area is 115 Å². The van der Waals surface area contributed by atoms with E-state index in [1.807, 2.05) is 41.1 Å². The van der Waals surface area contributed by atoms with E-state index in [9.17, 15) is 0 Å². The van der Waals surface area contributed by atoms with E-state index in [1.165, 1.54) is 0 Å². The number of fused-ring (bicyclic) bond motifs is 1. The second-order valence-corrected chi connectivity index (χ2v) is 4.54. The molecule has 0 spiro atoms. The number of rotatable bonds is 2. The zero-order valence-corrected chi connectivity index (χ0v) is 11.1. The van der Waals surface area contributed by atoms with Gasteiger partial charge in [0.1, 0.15) is 5.75 Å². The standard InChI is InChI=1S/C14H12ClN3O/c1-19-12-5-3-2-4-9(12)11-8-18-7-6-10(15)13(16)14(18)17-11/h2-8H,16H2,1H3. The van der Waals surface area contributed by atoms with Gasteiger partial charge in [-0.15, -0.1) is 0 Å². The third-order valence-corrected chi connectivity index (χ3v) is 3.32. The Hall–Kier alpha value is -2.20. The number of benzene rings is 1. The Kier molecular flexibility index (Phi) is 2.80. The second-order valence-electron chi connectivity index (χ2n) is 4.13. The predicted octanol–water partition coefficient (Wildman–Crippen LogP) is 3.25. The van der Waals surface area contributed by atoms with Gasteiger partial charge < -0.3 is 14.9 Å². The molecule has 0 saturated heterocycles. The maximum atomic E-state index is 6.00. The molecule has 0 radical (unpaired) electrons. The number of anilines is 1. The van der Waals surface area contributed by atoms with Crippen molar-refractivity contribution in [3.8, 4) is 17.0 Å². The van der Waals surface area contributed by atoms with Gasteiger partial charge in [-0.3, -0.25) is 0 Å². The van der Waals surface area contributed by atoms with Gasteiger partial charge in [-0.25, -0.2) is 4.98 Å². The molecule has 0 aliphatic heterocycles. The van der Waals surface area contributed by atoms with E-state index in [0.717, 1.165) is 17.0 Å². The zero-order chi connectivity index (χ0) is 13.4. The van der Waals surface area contributed by atoms with Crippen molar-refractivity contribution < 1.29 is 4.74 Å². The number of hydrogen-bond acceptors (Lipinski definition) is 3. The van der Waals surface area contributed by atoms with E-state index in [0.29, 0.717) is 16.4 Å². The van der Waals surface area contributed by atoms with Gasteiger partial charge in [0.05, 0.1) is 23.5 Å². The van der Waals surface area contributed by atoms with Crippen LogP contribution in [0.4, 0.5) is 5.69 Å². The second kappa shape index (κ2) is 4.48. The Morgan fingerprint density at radius 2 is 2.05 bits per heavy atom. The molecule has 0 amide bonds. The van der Waals surface area contributed by atoms with Gasteiger partial charge in [0, 0.05) is 18.0 Å². The van der Waals surface area contributed by atoms with Gasteiger partial charge in [0.25, 0.3) is 0 Å². The summed E-state index contributed by atoms with van der Waals surface area (Å²) in [6, 6.07) is 9.47. The maximum Gasteiger partial charge on any atom is 0.162 e. The topological polar surface area (TPSA) is 52.5 Å². The molecule has 19 heavy (non-hydrogen) atoms. The van der Waals surface area contributed by atoms with Crippen molar-refractivity contribution >= 4 is 22.9 Å². The number of nitrogens with two attached hydrogens (primary N) is 1. The number of methoxy groups -OCH3 is 1. The van der Waals surface area contributed by atoms with Crippen molar-refractivity contribution in [2.75, 3.05) is 12.8 Å². The van der Waals surface area contributed by atoms with Gasteiger partial charge in [0.2, 0.25) is 0 Å². The van der Waals surface area contributed by atoms with E-state index in [2.05, 4.69) is 4.98 Å². The number of ether oxygens (including phenoxy) is 1. The molecule has 0 saturated carbocycles. The maximum absolute atomic E-state index is 6.00. The number of halogens is 1. The number of hydrogen-bond donors (Lipinski definition) is 1. The molecule has 96 valence electrons. The summed E-state index contributed by atoms with van der Waals surface area (Å²) in [5, 5.41) is 0.504. The lowest BCUT2D eigenvalue weighted by molar-refractivity contribution is 0.416. The normalized spacial score (nSPS) is 10.8. The molecule has 4 nitrogen and oxygen atoms in total. The Bertz CT molecular complexity index is 752. The summed E-state index contributed by atoms with van der Waals surface area (Å²) in [6.07, 6.45) is 3.74. The van der Waals surface area contributed by atoms with Gasteiger partial charge in [-0.05, 0) is 18.2 Å². The lowest BCUT2D eigenvalue weighted by atomic mass is 10.1. The lowest BCUT2D eigenvalue weighted by Crippen LogP contribution is -1.92. The minimum atomic E-state index is 0.477. The van der Waals surface area contributed by atoms with Crippen LogP contribution in [0.3, 0.4) is 0 Å². The number of aromatic nitrogens is 2. The SMILES string of the molecule is COc1ccccc1-c1cn2ccc(Cl)c(N)c2n1. The number of pyridine rings is 1. The fourth-order valence-corrected chi connectivity index (χ4v) is 2.18. The van der Waals surface area contributed by atoms with Crippen LogP contribution in [0.15, 0.2) is 42.7 Å². The number of para-hydroxylation sites is 1. The van der Waals surface area contributed by atoms with Crippen LogP contribution in [-0.4, -0.2) is 16.5 Å². The van der Waals surface area contributed by atoms with Crippen molar-refractivity contribution in [2.24, 2.45) is 0 Å². The highest BCUT2D eigenvalue weighted by Crippen LogP contribution is 2.31.